The molecule has 1 N–H and O–H groups in total. The van der Waals surface area contributed by atoms with Crippen LogP contribution in [0.5, 0.6) is 0 Å². The molecule has 0 aromatic carbocycles. The SMILES string of the molecule is CC.CC(NC=O)C(C)(C)F. The molecule has 0 aromatic heterocycles. The van der Waals surface area contributed by atoms with E-state index < -0.39 is 11.7 Å². The van der Waals surface area contributed by atoms with Crippen LogP contribution < -0.4 is 5.32 Å². The molecular weight excluding hydrogens is 145 g/mol. The molecule has 68 valence electrons. The van der Waals surface area contributed by atoms with Crippen LogP contribution in [0.15, 0.2) is 0 Å². The number of nitrogens with one attached hydrogen (secondary N) is 1. The van der Waals surface area contributed by atoms with E-state index in [4.69, 9.17) is 0 Å². The molecule has 0 spiro atoms. The first-order valence-corrected chi connectivity index (χ1v) is 3.87. The Morgan fingerprint density at radius 2 is 1.82 bits per heavy atom. The van der Waals surface area contributed by atoms with E-state index >= 15 is 0 Å². The van der Waals surface area contributed by atoms with Gasteiger partial charge in [0.25, 0.3) is 0 Å². The van der Waals surface area contributed by atoms with Crippen molar-refractivity contribution in [3.63, 3.8) is 0 Å². The lowest BCUT2D eigenvalue weighted by Crippen LogP contribution is -2.40. The van der Waals surface area contributed by atoms with Crippen LogP contribution in [0.1, 0.15) is 34.6 Å². The molecule has 0 radical (unpaired) electrons. The maximum Gasteiger partial charge on any atom is 0.207 e. The predicted octanol–water partition coefficient (Wildman–Crippen LogP) is 1.90. The quantitative estimate of drug-likeness (QED) is 0.632. The van der Waals surface area contributed by atoms with E-state index in [2.05, 4.69) is 5.32 Å². The zero-order valence-electron chi connectivity index (χ0n) is 7.94. The molecule has 0 aliphatic carbocycles. The zero-order chi connectivity index (χ0) is 9.49. The molecule has 0 aliphatic heterocycles. The number of hydrogen-bond acceptors (Lipinski definition) is 1. The van der Waals surface area contributed by atoms with E-state index in [1.807, 2.05) is 13.8 Å². The number of carbonyl (C=O) groups excluding carboxylic acids is 1. The summed E-state index contributed by atoms with van der Waals surface area (Å²) < 4.78 is 12.7. The van der Waals surface area contributed by atoms with Crippen molar-refractivity contribution in [3.05, 3.63) is 0 Å². The molecule has 2 nitrogen and oxygen atoms in total. The Morgan fingerprint density at radius 1 is 1.45 bits per heavy atom. The van der Waals surface area contributed by atoms with Crippen LogP contribution in [0.2, 0.25) is 0 Å². The van der Waals surface area contributed by atoms with Crippen LogP contribution in [0.4, 0.5) is 4.39 Å². The highest BCUT2D eigenvalue weighted by Gasteiger charge is 2.23. The zero-order valence-corrected chi connectivity index (χ0v) is 7.94. The molecule has 1 amide bonds. The van der Waals surface area contributed by atoms with Gasteiger partial charge in [0.15, 0.2) is 0 Å². The number of halogens is 1. The highest BCUT2D eigenvalue weighted by atomic mass is 19.1. The maximum atomic E-state index is 12.7. The average molecular weight is 163 g/mol. The lowest BCUT2D eigenvalue weighted by Gasteiger charge is -2.21. The predicted molar refractivity (Wildman–Crippen MR) is 45.2 cm³/mol. The molecule has 11 heavy (non-hydrogen) atoms. The Balaban J connectivity index is 0. The van der Waals surface area contributed by atoms with Gasteiger partial charge in [-0.1, -0.05) is 13.8 Å². The van der Waals surface area contributed by atoms with Gasteiger partial charge >= 0.3 is 0 Å². The summed E-state index contributed by atoms with van der Waals surface area (Å²) in [4.78, 5) is 9.78. The fraction of sp³-hybridized carbons (Fsp3) is 0.875. The summed E-state index contributed by atoms with van der Waals surface area (Å²) in [5.74, 6) is 0. The molecular formula is C8H18FNO. The molecule has 0 rings (SSSR count). The number of carbonyl (C=O) groups is 1. The van der Waals surface area contributed by atoms with E-state index in [1.54, 1.807) is 6.92 Å². The summed E-state index contributed by atoms with van der Waals surface area (Å²) in [7, 11) is 0. The number of alkyl halides is 1. The van der Waals surface area contributed by atoms with Crippen molar-refractivity contribution in [2.75, 3.05) is 0 Å². The van der Waals surface area contributed by atoms with Gasteiger partial charge in [0.05, 0.1) is 6.04 Å². The normalized spacial score (nSPS) is 12.5. The topological polar surface area (TPSA) is 29.1 Å². The van der Waals surface area contributed by atoms with Crippen LogP contribution in [0, 0.1) is 0 Å². The smallest absolute Gasteiger partial charge is 0.207 e. The van der Waals surface area contributed by atoms with Gasteiger partial charge in [-0.2, -0.15) is 0 Å². The fourth-order valence-electron chi connectivity index (χ4n) is 0.300. The lowest BCUT2D eigenvalue weighted by molar-refractivity contribution is -0.110. The van der Waals surface area contributed by atoms with Crippen LogP contribution in [0.25, 0.3) is 0 Å². The minimum absolute atomic E-state index is 0.421. The summed E-state index contributed by atoms with van der Waals surface area (Å²) >= 11 is 0. The first-order chi connectivity index (χ1) is 4.98. The summed E-state index contributed by atoms with van der Waals surface area (Å²) in [6, 6.07) is -0.421. The number of amides is 1. The molecule has 0 aromatic rings. The molecule has 0 heterocycles. The minimum Gasteiger partial charge on any atom is -0.353 e. The van der Waals surface area contributed by atoms with E-state index in [-0.39, 0.29) is 0 Å². The number of hydrogen-bond donors (Lipinski definition) is 1. The highest BCUT2D eigenvalue weighted by molar-refractivity contribution is 5.46. The van der Waals surface area contributed by atoms with Crippen molar-refractivity contribution < 1.29 is 9.18 Å². The van der Waals surface area contributed by atoms with Gasteiger partial charge < -0.3 is 5.32 Å². The van der Waals surface area contributed by atoms with Crippen LogP contribution in [-0.4, -0.2) is 18.1 Å². The van der Waals surface area contributed by atoms with Gasteiger partial charge in [0.2, 0.25) is 6.41 Å². The minimum atomic E-state index is -1.33. The Kier molecular flexibility index (Phi) is 7.26. The number of rotatable bonds is 3. The van der Waals surface area contributed by atoms with Gasteiger partial charge in [-0.15, -0.1) is 0 Å². The first kappa shape index (κ1) is 13.0. The van der Waals surface area contributed by atoms with Crippen molar-refractivity contribution in [2.45, 2.75) is 46.3 Å². The van der Waals surface area contributed by atoms with E-state index in [9.17, 15) is 9.18 Å². The molecule has 0 aliphatic rings. The van der Waals surface area contributed by atoms with E-state index in [0.29, 0.717) is 6.41 Å². The van der Waals surface area contributed by atoms with Crippen molar-refractivity contribution in [1.29, 1.82) is 0 Å². The second-order valence-corrected chi connectivity index (χ2v) is 2.57. The van der Waals surface area contributed by atoms with Gasteiger partial charge in [-0.3, -0.25) is 4.79 Å². The van der Waals surface area contributed by atoms with Crippen molar-refractivity contribution in [3.8, 4) is 0 Å². The standard InChI is InChI=1S/C6H12FNO.C2H6/c1-5(8-4-9)6(2,3)7;1-2/h4-5H,1-3H3,(H,8,9);1-2H3. The fourth-order valence-corrected chi connectivity index (χ4v) is 0.300. The maximum absolute atomic E-state index is 12.7. The summed E-state index contributed by atoms with van der Waals surface area (Å²) in [6.45, 7) is 8.47. The van der Waals surface area contributed by atoms with Gasteiger partial charge in [0.1, 0.15) is 5.67 Å². The van der Waals surface area contributed by atoms with Crippen molar-refractivity contribution in [2.24, 2.45) is 0 Å². The van der Waals surface area contributed by atoms with E-state index in [1.165, 1.54) is 13.8 Å². The van der Waals surface area contributed by atoms with Crippen molar-refractivity contribution in [1.82, 2.24) is 5.32 Å². The third kappa shape index (κ3) is 7.30. The molecule has 1 unspecified atom stereocenters. The summed E-state index contributed by atoms with van der Waals surface area (Å²) in [5.41, 5.74) is -1.33. The van der Waals surface area contributed by atoms with Crippen LogP contribution >= 0.6 is 0 Å². The van der Waals surface area contributed by atoms with Gasteiger partial charge in [-0.25, -0.2) is 4.39 Å². The molecule has 0 saturated carbocycles. The Labute approximate surface area is 68.2 Å². The Bertz CT molecular complexity index is 98.8. The van der Waals surface area contributed by atoms with Crippen LogP contribution in [-0.2, 0) is 4.79 Å². The van der Waals surface area contributed by atoms with Gasteiger partial charge in [0, 0.05) is 0 Å². The first-order valence-electron chi connectivity index (χ1n) is 3.87. The van der Waals surface area contributed by atoms with Crippen molar-refractivity contribution >= 4 is 6.41 Å². The Hall–Kier alpha value is -0.600. The third-order valence-corrected chi connectivity index (χ3v) is 1.35. The molecule has 0 bridgehead atoms. The molecule has 0 fully saturated rings. The van der Waals surface area contributed by atoms with E-state index in [0.717, 1.165) is 0 Å². The lowest BCUT2D eigenvalue weighted by atomic mass is 10.0. The van der Waals surface area contributed by atoms with Gasteiger partial charge in [-0.05, 0) is 20.8 Å². The second-order valence-electron chi connectivity index (χ2n) is 2.57. The van der Waals surface area contributed by atoms with Crippen LogP contribution in [0.3, 0.4) is 0 Å². The Morgan fingerprint density at radius 3 is 1.91 bits per heavy atom. The second kappa shape index (κ2) is 6.13. The summed E-state index contributed by atoms with van der Waals surface area (Å²) in [5, 5.41) is 2.33. The molecule has 1 atom stereocenters. The largest absolute Gasteiger partial charge is 0.353 e. The highest BCUT2D eigenvalue weighted by Crippen LogP contribution is 2.12. The monoisotopic (exact) mass is 163 g/mol. The third-order valence-electron chi connectivity index (χ3n) is 1.35. The average Bonchev–Trinajstić information content (AvgIpc) is 1.91. The molecule has 0 saturated heterocycles. The summed E-state index contributed by atoms with van der Waals surface area (Å²) in [6.07, 6.45) is 0.506. The molecule has 3 heteroatoms.